The lowest BCUT2D eigenvalue weighted by atomic mass is 10.1. The smallest absolute Gasteiger partial charge is 0.295 e. The Balaban J connectivity index is 2.59. The minimum absolute atomic E-state index is 0.0994. The van der Waals surface area contributed by atoms with Gasteiger partial charge in [-0.3, -0.25) is 10.1 Å². The lowest BCUT2D eigenvalue weighted by Gasteiger charge is -2.07. The van der Waals surface area contributed by atoms with Crippen molar-refractivity contribution in [2.75, 3.05) is 11.9 Å². The van der Waals surface area contributed by atoms with Gasteiger partial charge in [0.25, 0.3) is 5.69 Å². The minimum atomic E-state index is -0.489. The fraction of sp³-hybridized carbons (Fsp3) is 0.214. The van der Waals surface area contributed by atoms with E-state index in [4.69, 9.17) is 0 Å². The molecule has 0 radical (unpaired) electrons. The number of nitrogens with zero attached hydrogens (tertiary/aromatic N) is 2. The number of benzene rings is 1. The van der Waals surface area contributed by atoms with Crippen LogP contribution in [0.15, 0.2) is 30.3 Å². The fourth-order valence-corrected chi connectivity index (χ4v) is 1.88. The second-order valence-electron chi connectivity index (χ2n) is 4.32. The molecule has 1 aromatic heterocycles. The van der Waals surface area contributed by atoms with E-state index in [9.17, 15) is 14.5 Å². The average molecular weight is 275 g/mol. The molecular weight excluding hydrogens is 261 g/mol. The van der Waals surface area contributed by atoms with Gasteiger partial charge in [0.1, 0.15) is 11.6 Å². The number of nitro groups is 1. The first-order valence-electron chi connectivity index (χ1n) is 6.18. The Bertz CT molecular complexity index is 659. The van der Waals surface area contributed by atoms with Crippen LogP contribution in [0.1, 0.15) is 12.5 Å². The summed E-state index contributed by atoms with van der Waals surface area (Å²) in [6, 6.07) is 7.30. The van der Waals surface area contributed by atoms with Crippen LogP contribution in [0.2, 0.25) is 0 Å². The first-order valence-corrected chi connectivity index (χ1v) is 6.18. The first kappa shape index (κ1) is 13.9. The zero-order valence-corrected chi connectivity index (χ0v) is 11.2. The summed E-state index contributed by atoms with van der Waals surface area (Å²) in [6.45, 7) is 4.18. The molecule has 0 aliphatic rings. The van der Waals surface area contributed by atoms with Gasteiger partial charge in [0.05, 0.1) is 4.92 Å². The third-order valence-corrected chi connectivity index (χ3v) is 2.86. The average Bonchev–Trinajstić information content (AvgIpc) is 2.42. The molecule has 0 spiro atoms. The standard InChI is InChI=1S/C14H14FN3O2/c1-3-16-13-7-6-12(18(19)20)14(17-13)10-4-5-11(15)9(2)8-10/h4-8H,3H2,1-2H3,(H,16,17). The molecule has 104 valence electrons. The first-order chi connectivity index (χ1) is 9.52. The van der Waals surface area contributed by atoms with E-state index >= 15 is 0 Å². The molecule has 5 nitrogen and oxygen atoms in total. The molecule has 6 heteroatoms. The van der Waals surface area contributed by atoms with E-state index in [0.717, 1.165) is 0 Å². The van der Waals surface area contributed by atoms with Crippen molar-refractivity contribution >= 4 is 11.5 Å². The normalized spacial score (nSPS) is 10.3. The highest BCUT2D eigenvalue weighted by molar-refractivity contribution is 5.71. The summed E-state index contributed by atoms with van der Waals surface area (Å²) in [5, 5.41) is 14.1. The van der Waals surface area contributed by atoms with Gasteiger partial charge in [-0.1, -0.05) is 0 Å². The van der Waals surface area contributed by atoms with Crippen LogP contribution in [-0.2, 0) is 0 Å². The zero-order chi connectivity index (χ0) is 14.7. The molecule has 2 aromatic rings. The molecule has 0 atom stereocenters. The molecule has 1 heterocycles. The third-order valence-electron chi connectivity index (χ3n) is 2.86. The zero-order valence-electron chi connectivity index (χ0n) is 11.2. The van der Waals surface area contributed by atoms with Gasteiger partial charge in [-0.2, -0.15) is 0 Å². The van der Waals surface area contributed by atoms with Crippen molar-refractivity contribution in [3.05, 3.63) is 51.8 Å². The summed E-state index contributed by atoms with van der Waals surface area (Å²) >= 11 is 0. The van der Waals surface area contributed by atoms with Gasteiger partial charge in [-0.05, 0) is 43.7 Å². The van der Waals surface area contributed by atoms with Gasteiger partial charge in [0, 0.05) is 18.2 Å². The maximum atomic E-state index is 13.3. The van der Waals surface area contributed by atoms with Crippen LogP contribution in [0.25, 0.3) is 11.3 Å². The number of pyridine rings is 1. The Morgan fingerprint density at radius 1 is 1.35 bits per heavy atom. The predicted octanol–water partition coefficient (Wildman–Crippen LogP) is 3.54. The monoisotopic (exact) mass is 275 g/mol. The predicted molar refractivity (Wildman–Crippen MR) is 75.2 cm³/mol. The van der Waals surface area contributed by atoms with E-state index in [-0.39, 0.29) is 17.2 Å². The summed E-state index contributed by atoms with van der Waals surface area (Å²) in [5.41, 5.74) is 1.08. The second-order valence-corrected chi connectivity index (χ2v) is 4.32. The largest absolute Gasteiger partial charge is 0.370 e. The molecule has 0 fully saturated rings. The van der Waals surface area contributed by atoms with Gasteiger partial charge < -0.3 is 5.32 Å². The summed E-state index contributed by atoms with van der Waals surface area (Å²) < 4.78 is 13.3. The number of anilines is 1. The molecule has 0 aliphatic carbocycles. The van der Waals surface area contributed by atoms with Gasteiger partial charge in [0.2, 0.25) is 0 Å². The third kappa shape index (κ3) is 2.74. The van der Waals surface area contributed by atoms with Crippen LogP contribution in [0, 0.1) is 22.9 Å². The van der Waals surface area contributed by atoms with Crippen LogP contribution >= 0.6 is 0 Å². The molecule has 1 N–H and O–H groups in total. The summed E-state index contributed by atoms with van der Waals surface area (Å²) in [4.78, 5) is 14.8. The highest BCUT2D eigenvalue weighted by Crippen LogP contribution is 2.30. The molecule has 0 bridgehead atoms. The topological polar surface area (TPSA) is 68.1 Å². The van der Waals surface area contributed by atoms with Crippen molar-refractivity contribution in [3.8, 4) is 11.3 Å². The van der Waals surface area contributed by atoms with Crippen LogP contribution in [-0.4, -0.2) is 16.5 Å². The Morgan fingerprint density at radius 3 is 2.70 bits per heavy atom. The Labute approximate surface area is 115 Å². The Hall–Kier alpha value is -2.50. The van der Waals surface area contributed by atoms with E-state index in [1.807, 2.05) is 6.92 Å². The van der Waals surface area contributed by atoms with Crippen molar-refractivity contribution in [1.29, 1.82) is 0 Å². The molecule has 0 unspecified atom stereocenters. The minimum Gasteiger partial charge on any atom is -0.370 e. The number of rotatable bonds is 4. The molecule has 20 heavy (non-hydrogen) atoms. The number of aromatic nitrogens is 1. The highest BCUT2D eigenvalue weighted by Gasteiger charge is 2.18. The molecule has 0 amide bonds. The maximum absolute atomic E-state index is 13.3. The lowest BCUT2D eigenvalue weighted by molar-refractivity contribution is -0.384. The molecule has 0 saturated heterocycles. The fourth-order valence-electron chi connectivity index (χ4n) is 1.88. The SMILES string of the molecule is CCNc1ccc([N+](=O)[O-])c(-c2ccc(F)c(C)c2)n1. The van der Waals surface area contributed by atoms with Crippen molar-refractivity contribution in [1.82, 2.24) is 4.98 Å². The van der Waals surface area contributed by atoms with Crippen LogP contribution in [0.5, 0.6) is 0 Å². The van der Waals surface area contributed by atoms with Crippen LogP contribution in [0.4, 0.5) is 15.9 Å². The Morgan fingerprint density at radius 2 is 2.10 bits per heavy atom. The van der Waals surface area contributed by atoms with E-state index in [1.54, 1.807) is 19.1 Å². The number of aryl methyl sites for hydroxylation is 1. The molecule has 0 aliphatic heterocycles. The molecule has 0 saturated carbocycles. The van der Waals surface area contributed by atoms with E-state index in [0.29, 0.717) is 23.5 Å². The van der Waals surface area contributed by atoms with Crippen LogP contribution in [0.3, 0.4) is 0 Å². The molecule has 2 rings (SSSR count). The maximum Gasteiger partial charge on any atom is 0.295 e. The van der Waals surface area contributed by atoms with E-state index in [1.165, 1.54) is 18.2 Å². The Kier molecular flexibility index (Phi) is 3.93. The number of hydrogen-bond donors (Lipinski definition) is 1. The van der Waals surface area contributed by atoms with Gasteiger partial charge in [-0.15, -0.1) is 0 Å². The summed E-state index contributed by atoms with van der Waals surface area (Å²) in [5.74, 6) is 0.203. The van der Waals surface area contributed by atoms with Crippen molar-refractivity contribution in [2.45, 2.75) is 13.8 Å². The summed E-state index contributed by atoms with van der Waals surface area (Å²) in [6.07, 6.45) is 0. The van der Waals surface area contributed by atoms with Gasteiger partial charge >= 0.3 is 0 Å². The van der Waals surface area contributed by atoms with Gasteiger partial charge in [0.15, 0.2) is 5.69 Å². The molecule has 1 aromatic carbocycles. The van der Waals surface area contributed by atoms with Crippen molar-refractivity contribution < 1.29 is 9.31 Å². The second kappa shape index (κ2) is 5.64. The van der Waals surface area contributed by atoms with E-state index < -0.39 is 4.92 Å². The quantitative estimate of drug-likeness (QED) is 0.684. The summed E-state index contributed by atoms with van der Waals surface area (Å²) in [7, 11) is 0. The lowest BCUT2D eigenvalue weighted by Crippen LogP contribution is -2.02. The highest BCUT2D eigenvalue weighted by atomic mass is 19.1. The van der Waals surface area contributed by atoms with Gasteiger partial charge in [-0.25, -0.2) is 9.37 Å². The van der Waals surface area contributed by atoms with E-state index in [2.05, 4.69) is 10.3 Å². The number of nitrogens with one attached hydrogen (secondary N) is 1. The van der Waals surface area contributed by atoms with Crippen molar-refractivity contribution in [3.63, 3.8) is 0 Å². The van der Waals surface area contributed by atoms with Crippen molar-refractivity contribution in [2.24, 2.45) is 0 Å². The van der Waals surface area contributed by atoms with Crippen LogP contribution < -0.4 is 5.32 Å². The molecular formula is C14H14FN3O2. The number of halogens is 1. The number of hydrogen-bond acceptors (Lipinski definition) is 4.